The number of nitrogens with zero attached hydrogens (tertiary/aromatic N) is 1. The number of benzene rings is 2. The Morgan fingerprint density at radius 3 is 2.59 bits per heavy atom. The van der Waals surface area contributed by atoms with E-state index in [1.54, 1.807) is 25.1 Å². The maximum Gasteiger partial charge on any atom is 0.264 e. The van der Waals surface area contributed by atoms with Crippen molar-refractivity contribution >= 4 is 33.2 Å². The molecule has 2 N–H and O–H groups in total. The van der Waals surface area contributed by atoms with Crippen LogP contribution in [0.5, 0.6) is 5.75 Å². The van der Waals surface area contributed by atoms with Crippen molar-refractivity contribution in [3.63, 3.8) is 0 Å². The molecule has 2 bridgehead atoms. The molecule has 1 amide bonds. The van der Waals surface area contributed by atoms with E-state index in [1.165, 1.54) is 5.56 Å². The van der Waals surface area contributed by atoms with Crippen LogP contribution in [0.4, 0.5) is 5.69 Å². The minimum absolute atomic E-state index is 0.165. The van der Waals surface area contributed by atoms with Crippen LogP contribution in [0.3, 0.4) is 0 Å². The van der Waals surface area contributed by atoms with E-state index in [0.29, 0.717) is 36.1 Å². The van der Waals surface area contributed by atoms with Crippen LogP contribution >= 0.6 is 11.6 Å². The summed E-state index contributed by atoms with van der Waals surface area (Å²) in [5, 5.41) is 11.2. The van der Waals surface area contributed by atoms with E-state index in [9.17, 15) is 18.3 Å². The number of amides is 1. The normalized spacial score (nSPS) is 30.9. The Balaban J connectivity index is 1.53. The molecule has 0 unspecified atom stereocenters. The molecule has 2 aromatic carbocycles. The first kappa shape index (κ1) is 30.2. The fraction of sp³-hybridized carbons (Fsp3) is 0.594. The van der Waals surface area contributed by atoms with Crippen LogP contribution in [0, 0.1) is 23.7 Å². The highest BCUT2D eigenvalue weighted by Gasteiger charge is 2.39. The van der Waals surface area contributed by atoms with Gasteiger partial charge in [0.05, 0.1) is 17.0 Å². The molecule has 2 aromatic rings. The number of ether oxygens (including phenoxy) is 1. The number of fused-ring (bicyclic) bond motifs is 3. The lowest BCUT2D eigenvalue weighted by Gasteiger charge is -2.44. The van der Waals surface area contributed by atoms with Crippen LogP contribution in [0.1, 0.15) is 80.8 Å². The summed E-state index contributed by atoms with van der Waals surface area (Å²) in [6.45, 7) is 7.54. The van der Waals surface area contributed by atoms with Gasteiger partial charge in [-0.2, -0.15) is 0 Å². The number of aryl methyl sites for hydroxylation is 1. The molecule has 0 saturated heterocycles. The number of aliphatic hydroxyl groups excluding tert-OH is 1. The Labute approximate surface area is 249 Å². The number of hydrogen-bond acceptors (Lipinski definition) is 6. The molecule has 2 heterocycles. The second-order valence-electron chi connectivity index (χ2n) is 12.6. The summed E-state index contributed by atoms with van der Waals surface area (Å²) in [6, 6.07) is 11.1. The monoisotopic (exact) mass is 602 g/mol. The molecule has 7 nitrogen and oxygen atoms in total. The van der Waals surface area contributed by atoms with Crippen LogP contribution in [-0.4, -0.2) is 43.9 Å². The fourth-order valence-corrected chi connectivity index (χ4v) is 8.27. The van der Waals surface area contributed by atoms with E-state index < -0.39 is 27.3 Å². The molecule has 5 rings (SSSR count). The summed E-state index contributed by atoms with van der Waals surface area (Å²) in [4.78, 5) is 15.6. The highest BCUT2D eigenvalue weighted by Crippen LogP contribution is 2.42. The predicted molar refractivity (Wildman–Crippen MR) is 163 cm³/mol. The Hall–Kier alpha value is -2.29. The highest BCUT2D eigenvalue weighted by molar-refractivity contribution is 7.90. The summed E-state index contributed by atoms with van der Waals surface area (Å²) in [7, 11) is -3.90. The molecule has 3 aliphatic rings. The van der Waals surface area contributed by atoms with Gasteiger partial charge in [-0.15, -0.1) is 0 Å². The van der Waals surface area contributed by atoms with Crippen molar-refractivity contribution in [1.82, 2.24) is 4.72 Å². The van der Waals surface area contributed by atoms with E-state index >= 15 is 0 Å². The van der Waals surface area contributed by atoms with Crippen molar-refractivity contribution in [2.45, 2.75) is 83.7 Å². The maximum absolute atomic E-state index is 13.3. The Kier molecular flexibility index (Phi) is 9.22. The van der Waals surface area contributed by atoms with Gasteiger partial charge in [-0.3, -0.25) is 4.79 Å². The zero-order chi connectivity index (χ0) is 29.3. The molecule has 9 heteroatoms. The maximum atomic E-state index is 13.3. The molecule has 1 aliphatic carbocycles. The van der Waals surface area contributed by atoms with E-state index in [4.69, 9.17) is 16.3 Å². The first-order valence-electron chi connectivity index (χ1n) is 15.0. The van der Waals surface area contributed by atoms with Crippen molar-refractivity contribution < 1.29 is 23.1 Å². The lowest BCUT2D eigenvalue weighted by Crippen LogP contribution is -2.44. The predicted octanol–water partition coefficient (Wildman–Crippen LogP) is 5.96. The van der Waals surface area contributed by atoms with Gasteiger partial charge in [0.25, 0.3) is 5.91 Å². The van der Waals surface area contributed by atoms with Crippen LogP contribution in [0.15, 0.2) is 36.4 Å². The molecule has 0 aromatic heterocycles. The minimum Gasteiger partial charge on any atom is -0.487 e. The van der Waals surface area contributed by atoms with Crippen LogP contribution in [0.2, 0.25) is 5.02 Å². The number of sulfonamides is 1. The number of hydrogen-bond donors (Lipinski definition) is 2. The summed E-state index contributed by atoms with van der Waals surface area (Å²) in [5.41, 5.74) is 3.33. The first-order chi connectivity index (χ1) is 19.5. The van der Waals surface area contributed by atoms with E-state index in [0.717, 1.165) is 56.4 Å². The molecular weight excluding hydrogens is 560 g/mol. The third-order valence-electron chi connectivity index (χ3n) is 9.61. The summed E-state index contributed by atoms with van der Waals surface area (Å²) >= 11 is 6.30. The van der Waals surface area contributed by atoms with Gasteiger partial charge < -0.3 is 14.7 Å². The highest BCUT2D eigenvalue weighted by atomic mass is 35.5. The van der Waals surface area contributed by atoms with E-state index in [1.807, 2.05) is 25.1 Å². The second kappa shape index (κ2) is 12.5. The van der Waals surface area contributed by atoms with Crippen LogP contribution in [-0.2, 0) is 23.1 Å². The zero-order valence-corrected chi connectivity index (χ0v) is 25.9. The lowest BCUT2D eigenvalue weighted by atomic mass is 9.68. The van der Waals surface area contributed by atoms with Crippen molar-refractivity contribution in [3.05, 3.63) is 58.1 Å². The average molecular weight is 603 g/mol. The molecule has 224 valence electrons. The number of halogens is 1. The fourth-order valence-electron chi connectivity index (χ4n) is 6.79. The van der Waals surface area contributed by atoms with Crippen molar-refractivity contribution in [3.8, 4) is 5.75 Å². The minimum atomic E-state index is -3.90. The molecule has 1 fully saturated rings. The van der Waals surface area contributed by atoms with E-state index in [2.05, 4.69) is 16.5 Å². The molecule has 2 aliphatic heterocycles. The van der Waals surface area contributed by atoms with Crippen molar-refractivity contribution in [2.24, 2.45) is 23.7 Å². The van der Waals surface area contributed by atoms with E-state index in [-0.39, 0.29) is 23.3 Å². The van der Waals surface area contributed by atoms with Gasteiger partial charge in [-0.05, 0) is 117 Å². The number of carbonyl (C=O) groups excluding carboxylic acids is 1. The van der Waals surface area contributed by atoms with Crippen molar-refractivity contribution in [1.29, 1.82) is 0 Å². The number of anilines is 1. The SMILES string of the molecule is C[C@H]1C[C@H](C)[C@@H](C)S(=O)(=O)NC(=O)c2ccc3c(c2)N(CCCCc2cc(Cl)ccc2CO3)C[C@@H]2CC[C@H]2[C@@H](O)C1. The Bertz CT molecular complexity index is 1370. The summed E-state index contributed by atoms with van der Waals surface area (Å²) < 4.78 is 35.2. The lowest BCUT2D eigenvalue weighted by molar-refractivity contribution is 0.000649. The van der Waals surface area contributed by atoms with Crippen LogP contribution in [0.25, 0.3) is 0 Å². The van der Waals surface area contributed by atoms with Gasteiger partial charge in [0.2, 0.25) is 10.0 Å². The quantitative estimate of drug-likeness (QED) is 0.386. The topological polar surface area (TPSA) is 95.9 Å². The largest absolute Gasteiger partial charge is 0.487 e. The van der Waals surface area contributed by atoms with Gasteiger partial charge >= 0.3 is 0 Å². The Morgan fingerprint density at radius 2 is 1.83 bits per heavy atom. The molecule has 1 saturated carbocycles. The standard InChI is InChI=1S/C32H43ClN2O5S/c1-20-14-21(2)22(3)41(38,39)34-32(37)24-9-12-31-29(17-24)35(18-25-8-11-28(25)30(36)15-20)13-5-4-6-23-16-27(33)10-7-26(23)19-40-31/h7,9-10,12,16-17,20-22,25,28,30,36H,4-6,8,11,13-15,18-19H2,1-3H3,(H,34,37)/t20-,21-,22+,25-,28+,30-/m0/s1. The molecule has 6 atom stereocenters. The van der Waals surface area contributed by atoms with Gasteiger partial charge in [-0.25, -0.2) is 13.1 Å². The summed E-state index contributed by atoms with van der Waals surface area (Å²) in [5.74, 6) is 0.582. The summed E-state index contributed by atoms with van der Waals surface area (Å²) in [6.07, 6.45) is 5.75. The van der Waals surface area contributed by atoms with Gasteiger partial charge in [0.1, 0.15) is 12.4 Å². The number of aliphatic hydroxyl groups is 1. The van der Waals surface area contributed by atoms with Gasteiger partial charge in [-0.1, -0.05) is 31.5 Å². The first-order valence-corrected chi connectivity index (χ1v) is 17.0. The molecule has 0 spiro atoms. The third-order valence-corrected chi connectivity index (χ3v) is 11.8. The molecular formula is C32H43ClN2O5S. The molecule has 0 radical (unpaired) electrons. The number of carbonyl (C=O) groups is 1. The van der Waals surface area contributed by atoms with Crippen molar-refractivity contribution in [2.75, 3.05) is 18.0 Å². The Morgan fingerprint density at radius 1 is 1.02 bits per heavy atom. The second-order valence-corrected chi connectivity index (χ2v) is 15.1. The van der Waals surface area contributed by atoms with Gasteiger partial charge in [0.15, 0.2) is 0 Å². The molecule has 41 heavy (non-hydrogen) atoms. The average Bonchev–Trinajstić information content (AvgIpc) is 2.92. The van der Waals surface area contributed by atoms with Crippen LogP contribution < -0.4 is 14.4 Å². The smallest absolute Gasteiger partial charge is 0.264 e. The van der Waals surface area contributed by atoms with Gasteiger partial charge in [0, 0.05) is 23.7 Å². The zero-order valence-electron chi connectivity index (χ0n) is 24.3. The third kappa shape index (κ3) is 6.86. The number of nitrogens with one attached hydrogen (secondary N) is 1. The number of rotatable bonds is 0.